The van der Waals surface area contributed by atoms with Gasteiger partial charge in [-0.05, 0) is 44.9 Å². The number of hydrogen-bond acceptors (Lipinski definition) is 0. The highest BCUT2D eigenvalue weighted by molar-refractivity contribution is 7.20. The smallest absolute Gasteiger partial charge is 0.0125 e. The summed E-state index contributed by atoms with van der Waals surface area (Å²) in [4.78, 5) is 0. The van der Waals surface area contributed by atoms with Gasteiger partial charge in [0.15, 0.2) is 0 Å². The van der Waals surface area contributed by atoms with E-state index in [0.717, 1.165) is 6.42 Å². The lowest BCUT2D eigenvalue weighted by Crippen LogP contribution is -2.20. The van der Waals surface area contributed by atoms with Gasteiger partial charge >= 0.3 is 0 Å². The quantitative estimate of drug-likeness (QED) is 0.357. The molecule has 0 fully saturated rings. The van der Waals surface area contributed by atoms with Crippen LogP contribution in [0.4, 0.5) is 0 Å². The van der Waals surface area contributed by atoms with Crippen molar-refractivity contribution in [3.63, 3.8) is 0 Å². The van der Waals surface area contributed by atoms with Gasteiger partial charge in [-0.15, -0.1) is 9.24 Å². The molecule has 0 heterocycles. The van der Waals surface area contributed by atoms with Crippen molar-refractivity contribution in [2.75, 3.05) is 0 Å². The molecule has 0 bridgehead atoms. The van der Waals surface area contributed by atoms with Gasteiger partial charge in [-0.2, -0.15) is 0 Å². The van der Waals surface area contributed by atoms with Crippen molar-refractivity contribution in [2.45, 2.75) is 53.4 Å². The predicted molar refractivity (Wildman–Crippen MR) is 77.6 cm³/mol. The third-order valence-electron chi connectivity index (χ3n) is 3.67. The Morgan fingerprint density at radius 3 is 2.69 bits per heavy atom. The van der Waals surface area contributed by atoms with Gasteiger partial charge in [0.2, 0.25) is 0 Å². The monoisotopic (exact) mass is 236 g/mol. The number of allylic oxidation sites excluding steroid dienone is 5. The van der Waals surface area contributed by atoms with E-state index in [1.807, 2.05) is 5.82 Å². The van der Waals surface area contributed by atoms with Crippen LogP contribution in [0.3, 0.4) is 0 Å². The Kier molecular flexibility index (Phi) is 4.99. The first-order valence-electron chi connectivity index (χ1n) is 6.21. The molecule has 0 amide bonds. The highest BCUT2D eigenvalue weighted by Gasteiger charge is 2.27. The fraction of sp³-hybridized carbons (Fsp3) is 0.600. The van der Waals surface area contributed by atoms with Gasteiger partial charge in [0.1, 0.15) is 0 Å². The van der Waals surface area contributed by atoms with Crippen LogP contribution in [0.2, 0.25) is 0 Å². The van der Waals surface area contributed by atoms with Gasteiger partial charge < -0.3 is 0 Å². The molecular formula is C15H25P. The first-order valence-corrected chi connectivity index (χ1v) is 6.88. The van der Waals surface area contributed by atoms with E-state index in [2.05, 4.69) is 49.1 Å². The van der Waals surface area contributed by atoms with Crippen molar-refractivity contribution in [2.24, 2.45) is 5.41 Å². The van der Waals surface area contributed by atoms with Crippen LogP contribution in [-0.2, 0) is 0 Å². The van der Waals surface area contributed by atoms with Crippen LogP contribution in [0, 0.1) is 5.41 Å². The lowest BCUT2D eigenvalue weighted by Gasteiger charge is -2.34. The minimum Gasteiger partial charge on any atom is -0.114 e. The summed E-state index contributed by atoms with van der Waals surface area (Å²) in [5.74, 6) is 2.03. The molecule has 0 aromatic carbocycles. The molecule has 16 heavy (non-hydrogen) atoms. The standard InChI is InChI=1S/C15H25P/c1-12(9-11-16)7-8-14-13(2)6-5-10-15(14,3)4/h7,9,11H,5-6,8,10,16H2,1-4H3. The van der Waals surface area contributed by atoms with Crippen LogP contribution in [0.15, 0.2) is 34.7 Å². The molecule has 90 valence electrons. The SMILES string of the molecule is CC(C=CP)=CCC1=C(C)CCCC1(C)C. The number of hydrogen-bond donors (Lipinski definition) is 0. The molecule has 0 spiro atoms. The van der Waals surface area contributed by atoms with Crippen molar-refractivity contribution in [3.05, 3.63) is 34.7 Å². The molecule has 1 aliphatic rings. The van der Waals surface area contributed by atoms with Crippen LogP contribution in [0.5, 0.6) is 0 Å². The molecule has 0 aromatic rings. The summed E-state index contributed by atoms with van der Waals surface area (Å²) in [6, 6.07) is 0. The van der Waals surface area contributed by atoms with E-state index < -0.39 is 0 Å². The molecule has 0 saturated carbocycles. The van der Waals surface area contributed by atoms with E-state index in [9.17, 15) is 0 Å². The largest absolute Gasteiger partial charge is 0.114 e. The predicted octanol–water partition coefficient (Wildman–Crippen LogP) is 5.24. The summed E-state index contributed by atoms with van der Waals surface area (Å²) in [7, 11) is 2.63. The van der Waals surface area contributed by atoms with Crippen LogP contribution in [0.25, 0.3) is 0 Å². The topological polar surface area (TPSA) is 0 Å². The van der Waals surface area contributed by atoms with Gasteiger partial charge in [0.05, 0.1) is 0 Å². The Labute approximate surface area is 103 Å². The van der Waals surface area contributed by atoms with E-state index in [-0.39, 0.29) is 0 Å². The zero-order chi connectivity index (χ0) is 12.2. The molecule has 0 aromatic heterocycles. The summed E-state index contributed by atoms with van der Waals surface area (Å²) >= 11 is 0. The van der Waals surface area contributed by atoms with Gasteiger partial charge in [0.25, 0.3) is 0 Å². The molecule has 1 atom stereocenters. The molecular weight excluding hydrogens is 211 g/mol. The molecule has 0 nitrogen and oxygen atoms in total. The molecule has 0 aliphatic heterocycles. The Morgan fingerprint density at radius 2 is 2.12 bits per heavy atom. The third-order valence-corrected chi connectivity index (χ3v) is 3.87. The van der Waals surface area contributed by atoms with Crippen LogP contribution in [-0.4, -0.2) is 0 Å². The molecule has 0 N–H and O–H groups in total. The maximum atomic E-state index is 2.63. The highest BCUT2D eigenvalue weighted by Crippen LogP contribution is 2.41. The maximum absolute atomic E-state index is 2.63. The van der Waals surface area contributed by atoms with Crippen molar-refractivity contribution in [1.82, 2.24) is 0 Å². The summed E-state index contributed by atoms with van der Waals surface area (Å²) in [6.45, 7) is 9.26. The fourth-order valence-corrected chi connectivity index (χ4v) is 2.91. The van der Waals surface area contributed by atoms with Crippen molar-refractivity contribution < 1.29 is 0 Å². The Bertz CT molecular complexity index is 329. The van der Waals surface area contributed by atoms with Gasteiger partial charge in [-0.3, -0.25) is 0 Å². The number of rotatable bonds is 3. The molecule has 1 rings (SSSR count). The second-order valence-corrected chi connectivity index (χ2v) is 5.89. The molecule has 1 aliphatic carbocycles. The Hall–Kier alpha value is -0.350. The molecule has 0 radical (unpaired) electrons. The molecule has 1 heteroatoms. The van der Waals surface area contributed by atoms with E-state index in [1.165, 1.54) is 24.8 Å². The fourth-order valence-electron chi connectivity index (χ4n) is 2.61. The van der Waals surface area contributed by atoms with E-state index in [1.54, 1.807) is 11.1 Å². The lowest BCUT2D eigenvalue weighted by atomic mass is 9.71. The average Bonchev–Trinajstić information content (AvgIpc) is 2.16. The van der Waals surface area contributed by atoms with E-state index in [4.69, 9.17) is 0 Å². The zero-order valence-corrected chi connectivity index (χ0v) is 12.3. The normalized spacial score (nSPS) is 21.9. The minimum atomic E-state index is 0.407. The van der Waals surface area contributed by atoms with E-state index in [0.29, 0.717) is 5.41 Å². The second kappa shape index (κ2) is 5.82. The summed E-state index contributed by atoms with van der Waals surface area (Å²) < 4.78 is 0. The summed E-state index contributed by atoms with van der Waals surface area (Å²) in [6.07, 6.45) is 9.62. The average molecular weight is 236 g/mol. The molecule has 1 unspecified atom stereocenters. The third kappa shape index (κ3) is 3.59. The summed E-state index contributed by atoms with van der Waals surface area (Å²) in [5, 5.41) is 0. The van der Waals surface area contributed by atoms with Crippen LogP contribution >= 0.6 is 9.24 Å². The Morgan fingerprint density at radius 1 is 1.44 bits per heavy atom. The van der Waals surface area contributed by atoms with Crippen LogP contribution in [0.1, 0.15) is 53.4 Å². The zero-order valence-electron chi connectivity index (χ0n) is 11.1. The van der Waals surface area contributed by atoms with Gasteiger partial charge in [-0.1, -0.05) is 48.5 Å². The first kappa shape index (κ1) is 13.7. The minimum absolute atomic E-state index is 0.407. The van der Waals surface area contributed by atoms with E-state index >= 15 is 0 Å². The van der Waals surface area contributed by atoms with Crippen LogP contribution < -0.4 is 0 Å². The highest BCUT2D eigenvalue weighted by atomic mass is 31.0. The second-order valence-electron chi connectivity index (χ2n) is 5.51. The van der Waals surface area contributed by atoms with Crippen molar-refractivity contribution in [1.29, 1.82) is 0 Å². The summed E-state index contributed by atoms with van der Waals surface area (Å²) in [5.41, 5.74) is 5.05. The van der Waals surface area contributed by atoms with Gasteiger partial charge in [0, 0.05) is 0 Å². The first-order chi connectivity index (χ1) is 7.47. The van der Waals surface area contributed by atoms with Gasteiger partial charge in [-0.25, -0.2) is 0 Å². The molecule has 0 saturated heterocycles. The lowest BCUT2D eigenvalue weighted by molar-refractivity contribution is 0.360. The van der Waals surface area contributed by atoms with Crippen molar-refractivity contribution in [3.8, 4) is 0 Å². The van der Waals surface area contributed by atoms with Crippen molar-refractivity contribution >= 4 is 9.24 Å². The maximum Gasteiger partial charge on any atom is -0.0125 e. The Balaban J connectivity index is 2.82.